The molecule has 1 saturated heterocycles. The lowest BCUT2D eigenvalue weighted by Crippen LogP contribution is -2.43. The highest BCUT2D eigenvalue weighted by Gasteiger charge is 2.25. The summed E-state index contributed by atoms with van der Waals surface area (Å²) in [6.45, 7) is 6.68. The highest BCUT2D eigenvalue weighted by atomic mass is 16.5. The van der Waals surface area contributed by atoms with Crippen molar-refractivity contribution in [3.63, 3.8) is 0 Å². The van der Waals surface area contributed by atoms with Gasteiger partial charge >= 0.3 is 0 Å². The molecule has 1 aliphatic heterocycles. The Hall–Kier alpha value is -2.26. The Balaban J connectivity index is 1.87. The summed E-state index contributed by atoms with van der Waals surface area (Å²) in [6, 6.07) is 15.3. The van der Waals surface area contributed by atoms with Crippen molar-refractivity contribution in [1.82, 2.24) is 9.80 Å². The quantitative estimate of drug-likeness (QED) is 0.828. The smallest absolute Gasteiger partial charge is 0.119 e. The maximum Gasteiger partial charge on any atom is 0.119 e. The number of fused-ring (bicyclic) bond motifs is 2. The molecule has 1 heterocycles. The van der Waals surface area contributed by atoms with Crippen molar-refractivity contribution in [1.29, 1.82) is 0 Å². The molecule has 3 nitrogen and oxygen atoms in total. The third-order valence-corrected chi connectivity index (χ3v) is 5.60. The number of benzene rings is 2. The van der Waals surface area contributed by atoms with Gasteiger partial charge in [-0.25, -0.2) is 0 Å². The molecule has 0 spiro atoms. The topological polar surface area (TPSA) is 15.7 Å². The second-order valence-electron chi connectivity index (χ2n) is 7.12. The molecule has 25 heavy (non-hydrogen) atoms. The number of ether oxygens (including phenoxy) is 1. The van der Waals surface area contributed by atoms with E-state index in [9.17, 15) is 0 Å². The Morgan fingerprint density at radius 2 is 1.72 bits per heavy atom. The lowest BCUT2D eigenvalue weighted by atomic mass is 9.89. The number of likely N-dealkylation sites (N-methyl/N-ethyl adjacent to an activating group) is 1. The molecule has 4 rings (SSSR count). The lowest BCUT2D eigenvalue weighted by Gasteiger charge is -2.36. The van der Waals surface area contributed by atoms with E-state index in [1.54, 1.807) is 7.11 Å². The summed E-state index contributed by atoms with van der Waals surface area (Å²) in [4.78, 5) is 4.94. The van der Waals surface area contributed by atoms with Crippen molar-refractivity contribution >= 4 is 11.8 Å². The van der Waals surface area contributed by atoms with Gasteiger partial charge in [0.1, 0.15) is 5.75 Å². The lowest BCUT2D eigenvalue weighted by molar-refractivity contribution is 0.208. The number of hydrogen-bond acceptors (Lipinski definition) is 3. The molecule has 2 aromatic rings. The highest BCUT2D eigenvalue weighted by molar-refractivity contribution is 5.85. The van der Waals surface area contributed by atoms with Crippen molar-refractivity contribution in [2.24, 2.45) is 0 Å². The van der Waals surface area contributed by atoms with E-state index in [0.29, 0.717) is 5.92 Å². The summed E-state index contributed by atoms with van der Waals surface area (Å²) in [5.74, 6) is 1.30. The largest absolute Gasteiger partial charge is 0.497 e. The van der Waals surface area contributed by atoms with Crippen LogP contribution in [0.15, 0.2) is 42.5 Å². The van der Waals surface area contributed by atoms with Gasteiger partial charge in [-0.3, -0.25) is 0 Å². The first-order valence-electron chi connectivity index (χ1n) is 9.10. The maximum absolute atomic E-state index is 5.48. The predicted octanol–water partition coefficient (Wildman–Crippen LogP) is 3.91. The van der Waals surface area contributed by atoms with Crippen molar-refractivity contribution in [2.45, 2.75) is 12.8 Å². The third kappa shape index (κ3) is 2.93. The minimum atomic E-state index is 0.373. The molecule has 0 amide bonds. The van der Waals surface area contributed by atoms with Crippen LogP contribution in [0.2, 0.25) is 0 Å². The van der Waals surface area contributed by atoms with Crippen LogP contribution in [-0.2, 0) is 0 Å². The van der Waals surface area contributed by atoms with E-state index in [4.69, 9.17) is 4.74 Å². The molecule has 0 N–H and O–H groups in total. The molecule has 0 bridgehead atoms. The monoisotopic (exact) mass is 334 g/mol. The molecule has 1 atom stereocenters. The van der Waals surface area contributed by atoms with E-state index in [1.807, 2.05) is 0 Å². The zero-order valence-corrected chi connectivity index (χ0v) is 15.3. The van der Waals surface area contributed by atoms with Crippen LogP contribution in [-0.4, -0.2) is 50.1 Å². The normalized spacial score (nSPS) is 20.4. The zero-order chi connectivity index (χ0) is 17.4. The first-order chi connectivity index (χ1) is 12.2. The van der Waals surface area contributed by atoms with Gasteiger partial charge in [-0.1, -0.05) is 37.3 Å². The van der Waals surface area contributed by atoms with Crippen molar-refractivity contribution in [3.05, 3.63) is 64.7 Å². The molecule has 1 aliphatic carbocycles. The van der Waals surface area contributed by atoms with Crippen LogP contribution in [0.25, 0.3) is 11.8 Å². The van der Waals surface area contributed by atoms with Crippen LogP contribution >= 0.6 is 0 Å². The Morgan fingerprint density at radius 1 is 0.960 bits per heavy atom. The van der Waals surface area contributed by atoms with E-state index in [0.717, 1.165) is 31.9 Å². The third-order valence-electron chi connectivity index (χ3n) is 5.60. The van der Waals surface area contributed by atoms with Crippen molar-refractivity contribution in [3.8, 4) is 5.75 Å². The molecule has 2 aliphatic rings. The maximum atomic E-state index is 5.48. The standard InChI is InChI=1S/C22H26N2O/c1-16-19-9-8-18(25-3)14-17(19)15-22(21-7-5-4-6-20(16)21)24-12-10-23(2)11-13-24/h4-9,14-16H,10-13H2,1-3H3. The number of nitrogens with zero attached hydrogens (tertiary/aromatic N) is 2. The minimum absolute atomic E-state index is 0.373. The van der Waals surface area contributed by atoms with E-state index in [-0.39, 0.29) is 0 Å². The van der Waals surface area contributed by atoms with Gasteiger partial charge in [0.05, 0.1) is 7.11 Å². The second kappa shape index (κ2) is 6.57. The van der Waals surface area contributed by atoms with Crippen LogP contribution in [0.5, 0.6) is 5.75 Å². The van der Waals surface area contributed by atoms with Crippen LogP contribution in [0.3, 0.4) is 0 Å². The summed E-state index contributed by atoms with van der Waals surface area (Å²) < 4.78 is 5.48. The molecule has 0 saturated carbocycles. The van der Waals surface area contributed by atoms with Gasteiger partial charge in [0.2, 0.25) is 0 Å². The average molecular weight is 334 g/mol. The van der Waals surface area contributed by atoms with Gasteiger partial charge in [-0.2, -0.15) is 0 Å². The molecule has 3 heteroatoms. The SMILES string of the molecule is COc1ccc2c(c1)C=C(N1CCN(C)CC1)c1ccccc1C2C. The van der Waals surface area contributed by atoms with Crippen LogP contribution in [0.1, 0.15) is 35.1 Å². The van der Waals surface area contributed by atoms with E-state index in [1.165, 1.54) is 28.0 Å². The summed E-state index contributed by atoms with van der Waals surface area (Å²) in [7, 11) is 3.94. The van der Waals surface area contributed by atoms with Gasteiger partial charge in [0, 0.05) is 43.4 Å². The van der Waals surface area contributed by atoms with Crippen molar-refractivity contribution in [2.75, 3.05) is 40.3 Å². The zero-order valence-electron chi connectivity index (χ0n) is 15.3. The van der Waals surface area contributed by atoms with Crippen LogP contribution < -0.4 is 4.74 Å². The number of rotatable bonds is 2. The number of hydrogen-bond donors (Lipinski definition) is 0. The Kier molecular flexibility index (Phi) is 4.26. The molecular weight excluding hydrogens is 308 g/mol. The molecule has 2 aromatic carbocycles. The Bertz CT molecular complexity index is 803. The van der Waals surface area contributed by atoms with E-state index < -0.39 is 0 Å². The second-order valence-corrected chi connectivity index (χ2v) is 7.12. The highest BCUT2D eigenvalue weighted by Crippen LogP contribution is 2.40. The minimum Gasteiger partial charge on any atom is -0.497 e. The van der Waals surface area contributed by atoms with Gasteiger partial charge in [0.15, 0.2) is 0 Å². The molecule has 0 radical (unpaired) electrons. The van der Waals surface area contributed by atoms with Crippen LogP contribution in [0, 0.1) is 0 Å². The molecule has 1 fully saturated rings. The van der Waals surface area contributed by atoms with Gasteiger partial charge in [-0.15, -0.1) is 0 Å². The fourth-order valence-corrected chi connectivity index (χ4v) is 4.01. The number of piperazine rings is 1. The molecule has 1 unspecified atom stereocenters. The summed E-state index contributed by atoms with van der Waals surface area (Å²) in [6.07, 6.45) is 2.37. The van der Waals surface area contributed by atoms with Gasteiger partial charge < -0.3 is 14.5 Å². The summed E-state index contributed by atoms with van der Waals surface area (Å²) >= 11 is 0. The molecule has 130 valence electrons. The summed E-state index contributed by atoms with van der Waals surface area (Å²) in [5, 5.41) is 0. The fourth-order valence-electron chi connectivity index (χ4n) is 4.01. The number of methoxy groups -OCH3 is 1. The Labute approximate surface area is 150 Å². The molecule has 0 aromatic heterocycles. The fraction of sp³-hybridized carbons (Fsp3) is 0.364. The Morgan fingerprint density at radius 3 is 2.48 bits per heavy atom. The first-order valence-corrected chi connectivity index (χ1v) is 9.10. The van der Waals surface area contributed by atoms with Gasteiger partial charge in [0.25, 0.3) is 0 Å². The van der Waals surface area contributed by atoms with E-state index in [2.05, 4.69) is 72.3 Å². The van der Waals surface area contributed by atoms with Crippen molar-refractivity contribution < 1.29 is 4.74 Å². The first kappa shape index (κ1) is 16.2. The predicted molar refractivity (Wildman–Crippen MR) is 104 cm³/mol. The van der Waals surface area contributed by atoms with E-state index >= 15 is 0 Å². The van der Waals surface area contributed by atoms with Gasteiger partial charge in [-0.05, 0) is 41.9 Å². The van der Waals surface area contributed by atoms with Crippen LogP contribution in [0.4, 0.5) is 0 Å². The summed E-state index contributed by atoms with van der Waals surface area (Å²) in [5.41, 5.74) is 6.78. The molecular formula is C22H26N2O. The average Bonchev–Trinajstić information content (AvgIpc) is 2.77.